The number of carbonyl (C=O) groups is 4. The molecule has 1 aliphatic carbocycles. The maximum absolute atomic E-state index is 15.3. The van der Waals surface area contributed by atoms with Crippen LogP contribution in [-0.4, -0.2) is 121 Å². The van der Waals surface area contributed by atoms with E-state index in [-0.39, 0.29) is 37.3 Å². The molecule has 0 radical (unpaired) electrons. The number of ether oxygens (including phenoxy) is 1. The van der Waals surface area contributed by atoms with E-state index in [2.05, 4.69) is 20.0 Å². The van der Waals surface area contributed by atoms with Gasteiger partial charge in [0, 0.05) is 84.0 Å². The van der Waals surface area contributed by atoms with E-state index in [4.69, 9.17) is 4.74 Å². The molecule has 1 atom stereocenters. The Morgan fingerprint density at radius 3 is 2.02 bits per heavy atom. The molecule has 1 saturated carbocycles. The molecule has 4 heterocycles. The van der Waals surface area contributed by atoms with Crippen molar-refractivity contribution >= 4 is 29.5 Å². The number of hydrogen-bond acceptors (Lipinski definition) is 8. The Bertz CT molecular complexity index is 1330. The smallest absolute Gasteiger partial charge is 0.410 e. The Labute approximate surface area is 271 Å². The molecular weight excluding hydrogens is 591 g/mol. The van der Waals surface area contributed by atoms with E-state index in [0.717, 1.165) is 71.0 Å². The van der Waals surface area contributed by atoms with Crippen LogP contribution >= 0.6 is 0 Å². The lowest BCUT2D eigenvalue weighted by Gasteiger charge is -2.40. The molecule has 5 aliphatic rings. The summed E-state index contributed by atoms with van der Waals surface area (Å²) in [6, 6.07) is 2.40. The van der Waals surface area contributed by atoms with Gasteiger partial charge in [0.25, 0.3) is 5.91 Å². The van der Waals surface area contributed by atoms with Crippen molar-refractivity contribution in [1.82, 2.24) is 24.9 Å². The number of piperidine rings is 1. The van der Waals surface area contributed by atoms with E-state index in [0.29, 0.717) is 23.1 Å². The van der Waals surface area contributed by atoms with E-state index >= 15 is 4.39 Å². The van der Waals surface area contributed by atoms with Gasteiger partial charge in [0.1, 0.15) is 17.5 Å². The molecule has 1 N–H and O–H groups in total. The first-order valence-electron chi connectivity index (χ1n) is 17.1. The molecule has 0 bridgehead atoms. The van der Waals surface area contributed by atoms with Crippen molar-refractivity contribution in [2.75, 3.05) is 70.3 Å². The summed E-state index contributed by atoms with van der Waals surface area (Å²) in [5.74, 6) is -0.146. The third-order valence-corrected chi connectivity index (χ3v) is 10.3. The number of fused-ring (bicyclic) bond motifs is 1. The fraction of sp³-hybridized carbons (Fsp3) is 0.706. The number of amides is 4. The minimum Gasteiger partial charge on any atom is -0.444 e. The monoisotopic (exact) mass is 640 g/mol. The Kier molecular flexibility index (Phi) is 9.57. The van der Waals surface area contributed by atoms with Crippen LogP contribution in [0.2, 0.25) is 0 Å². The number of anilines is 1. The first kappa shape index (κ1) is 32.7. The molecule has 3 saturated heterocycles. The molecule has 11 nitrogen and oxygen atoms in total. The summed E-state index contributed by atoms with van der Waals surface area (Å²) < 4.78 is 20.8. The topological polar surface area (TPSA) is 106 Å². The van der Waals surface area contributed by atoms with Crippen LogP contribution < -0.4 is 10.2 Å². The molecule has 12 heteroatoms. The fourth-order valence-electron chi connectivity index (χ4n) is 7.76. The number of carbonyl (C=O) groups excluding carboxylic acids is 4. The fourth-order valence-corrected chi connectivity index (χ4v) is 7.76. The third kappa shape index (κ3) is 7.48. The first-order chi connectivity index (χ1) is 21.9. The van der Waals surface area contributed by atoms with E-state index in [1.165, 1.54) is 36.6 Å². The van der Waals surface area contributed by atoms with Crippen LogP contribution in [0.5, 0.6) is 0 Å². The van der Waals surface area contributed by atoms with Gasteiger partial charge in [-0.15, -0.1) is 0 Å². The number of halogens is 1. The highest BCUT2D eigenvalue weighted by atomic mass is 19.1. The van der Waals surface area contributed by atoms with Crippen LogP contribution in [0.4, 0.5) is 14.9 Å². The number of benzene rings is 1. The number of hydrogen-bond donors (Lipinski definition) is 1. The Balaban J connectivity index is 0.924. The average molecular weight is 641 g/mol. The van der Waals surface area contributed by atoms with Gasteiger partial charge in [-0.25, -0.2) is 9.18 Å². The van der Waals surface area contributed by atoms with Crippen molar-refractivity contribution in [2.45, 2.75) is 77.5 Å². The maximum atomic E-state index is 15.3. The zero-order valence-corrected chi connectivity index (χ0v) is 27.6. The van der Waals surface area contributed by atoms with Gasteiger partial charge in [0.05, 0.1) is 5.69 Å². The standard InChI is InChI=1S/C34H49FN6O5/c1-34(2,3)46-33(45)40-16-12-38(13-17-40)21-24-6-4-23(5-7-24)20-37-10-14-39(15-11-37)29-18-25-22-41(32(44)26(25)19-27(29)35)28-8-9-30(42)36-31(28)43/h18-19,23-24,28H,4-17,20-22H2,1-3H3,(H,36,42,43)/t23-,24-,28?. The summed E-state index contributed by atoms with van der Waals surface area (Å²) in [4.78, 5) is 59.7. The van der Waals surface area contributed by atoms with Crippen LogP contribution in [-0.2, 0) is 20.9 Å². The predicted octanol–water partition coefficient (Wildman–Crippen LogP) is 3.07. The molecule has 1 aromatic carbocycles. The maximum Gasteiger partial charge on any atom is 0.410 e. The van der Waals surface area contributed by atoms with Crippen molar-refractivity contribution in [2.24, 2.45) is 11.8 Å². The molecule has 1 unspecified atom stereocenters. The SMILES string of the molecule is CC(C)(C)OC(=O)N1CCN(C[C@H]2CC[C@H](CN3CCN(c4cc5c(cc4F)C(=O)N(C4CCC(=O)NC4=O)C5)CC3)CC2)CC1. The second-order valence-electron chi connectivity index (χ2n) is 14.8. The van der Waals surface area contributed by atoms with Crippen LogP contribution in [0.15, 0.2) is 12.1 Å². The molecular formula is C34H49FN6O5. The van der Waals surface area contributed by atoms with Gasteiger partial charge < -0.3 is 19.4 Å². The van der Waals surface area contributed by atoms with Crippen molar-refractivity contribution < 1.29 is 28.3 Å². The largest absolute Gasteiger partial charge is 0.444 e. The highest BCUT2D eigenvalue weighted by molar-refractivity contribution is 6.05. The lowest BCUT2D eigenvalue weighted by atomic mass is 9.81. The van der Waals surface area contributed by atoms with E-state index < -0.39 is 23.4 Å². The minimum atomic E-state index is -0.704. The van der Waals surface area contributed by atoms with E-state index in [1.54, 1.807) is 6.07 Å². The van der Waals surface area contributed by atoms with Crippen LogP contribution in [0.25, 0.3) is 0 Å². The number of rotatable bonds is 6. The summed E-state index contributed by atoms with van der Waals surface area (Å²) >= 11 is 0. The zero-order chi connectivity index (χ0) is 32.6. The van der Waals surface area contributed by atoms with Crippen molar-refractivity contribution in [3.05, 3.63) is 29.1 Å². The van der Waals surface area contributed by atoms with Crippen molar-refractivity contribution in [1.29, 1.82) is 0 Å². The third-order valence-electron chi connectivity index (χ3n) is 10.3. The molecule has 0 aromatic heterocycles. The summed E-state index contributed by atoms with van der Waals surface area (Å²) in [6.45, 7) is 14.6. The number of piperazine rings is 2. The van der Waals surface area contributed by atoms with Crippen LogP contribution in [0, 0.1) is 17.7 Å². The molecule has 1 aromatic rings. The molecule has 4 fully saturated rings. The Morgan fingerprint density at radius 2 is 1.46 bits per heavy atom. The van der Waals surface area contributed by atoms with Gasteiger partial charge >= 0.3 is 6.09 Å². The van der Waals surface area contributed by atoms with Crippen LogP contribution in [0.1, 0.15) is 75.2 Å². The normalized spacial score (nSPS) is 26.7. The number of imide groups is 1. The number of nitrogens with one attached hydrogen (secondary N) is 1. The predicted molar refractivity (Wildman–Crippen MR) is 171 cm³/mol. The lowest BCUT2D eigenvalue weighted by Crippen LogP contribution is -2.52. The van der Waals surface area contributed by atoms with Crippen molar-refractivity contribution in [3.8, 4) is 0 Å². The molecule has 252 valence electrons. The second kappa shape index (κ2) is 13.5. The van der Waals surface area contributed by atoms with Gasteiger partial charge in [0.2, 0.25) is 11.8 Å². The second-order valence-corrected chi connectivity index (χ2v) is 14.8. The van der Waals surface area contributed by atoms with Gasteiger partial charge in [-0.3, -0.25) is 29.5 Å². The van der Waals surface area contributed by atoms with Gasteiger partial charge in [-0.05, 0) is 82.4 Å². The van der Waals surface area contributed by atoms with E-state index in [1.807, 2.05) is 25.7 Å². The van der Waals surface area contributed by atoms with E-state index in [9.17, 15) is 19.2 Å². The van der Waals surface area contributed by atoms with Crippen LogP contribution in [0.3, 0.4) is 0 Å². The summed E-state index contributed by atoms with van der Waals surface area (Å²) in [5.41, 5.74) is 1.09. The molecule has 4 amide bonds. The van der Waals surface area contributed by atoms with Gasteiger partial charge in [-0.2, -0.15) is 0 Å². The Morgan fingerprint density at radius 1 is 0.870 bits per heavy atom. The molecule has 6 rings (SSSR count). The lowest BCUT2D eigenvalue weighted by molar-refractivity contribution is -0.136. The first-order valence-corrected chi connectivity index (χ1v) is 17.1. The summed E-state index contributed by atoms with van der Waals surface area (Å²) in [6.07, 6.45) is 5.23. The zero-order valence-electron chi connectivity index (χ0n) is 27.6. The average Bonchev–Trinajstić information content (AvgIpc) is 3.32. The minimum absolute atomic E-state index is 0.193. The van der Waals surface area contributed by atoms with Gasteiger partial charge in [0.15, 0.2) is 0 Å². The summed E-state index contributed by atoms with van der Waals surface area (Å²) in [7, 11) is 0. The number of nitrogens with zero attached hydrogens (tertiary/aromatic N) is 5. The highest BCUT2D eigenvalue weighted by Crippen LogP contribution is 2.34. The molecule has 4 aliphatic heterocycles. The summed E-state index contributed by atoms with van der Waals surface area (Å²) in [5, 5.41) is 2.31. The molecule has 46 heavy (non-hydrogen) atoms. The quantitative estimate of drug-likeness (QED) is 0.474. The van der Waals surface area contributed by atoms with Gasteiger partial charge in [-0.1, -0.05) is 0 Å². The highest BCUT2D eigenvalue weighted by Gasteiger charge is 2.40. The molecule has 0 spiro atoms. The van der Waals surface area contributed by atoms with Crippen molar-refractivity contribution in [3.63, 3.8) is 0 Å². The Hall–Kier alpha value is -3.25.